The topological polar surface area (TPSA) is 70.1 Å². The minimum absolute atomic E-state index is 0.0282. The molecule has 1 fully saturated rings. The van der Waals surface area contributed by atoms with E-state index in [1.807, 2.05) is 38.1 Å². The van der Waals surface area contributed by atoms with Crippen LogP contribution in [0.2, 0.25) is 5.02 Å². The summed E-state index contributed by atoms with van der Waals surface area (Å²) in [5, 5.41) is 11.6. The predicted molar refractivity (Wildman–Crippen MR) is 130 cm³/mol. The Hall–Kier alpha value is -2.83. The van der Waals surface area contributed by atoms with Gasteiger partial charge >= 0.3 is 0 Å². The number of halogens is 1. The molecule has 0 aromatic heterocycles. The van der Waals surface area contributed by atoms with Crippen LogP contribution in [0, 0.1) is 0 Å². The number of likely N-dealkylation sites (N-methyl/N-ethyl adjacent to an activating group) is 1. The lowest BCUT2D eigenvalue weighted by atomic mass is 9.95. The summed E-state index contributed by atoms with van der Waals surface area (Å²) in [7, 11) is 0. The van der Waals surface area contributed by atoms with Gasteiger partial charge in [0.25, 0.3) is 11.7 Å². The fourth-order valence-corrected chi connectivity index (χ4v) is 4.14. The number of amides is 1. The zero-order chi connectivity index (χ0) is 24.1. The van der Waals surface area contributed by atoms with Gasteiger partial charge in [0.1, 0.15) is 11.5 Å². The minimum Gasteiger partial charge on any atom is -0.507 e. The number of benzene rings is 2. The van der Waals surface area contributed by atoms with Crippen molar-refractivity contribution in [1.82, 2.24) is 9.80 Å². The molecule has 1 saturated heterocycles. The first-order chi connectivity index (χ1) is 15.8. The van der Waals surface area contributed by atoms with Crippen molar-refractivity contribution in [2.75, 3.05) is 26.2 Å². The van der Waals surface area contributed by atoms with Gasteiger partial charge in [0.05, 0.1) is 17.7 Å². The second-order valence-corrected chi connectivity index (χ2v) is 8.70. The van der Waals surface area contributed by atoms with E-state index in [1.165, 1.54) is 0 Å². The zero-order valence-electron chi connectivity index (χ0n) is 19.5. The Morgan fingerprint density at radius 3 is 2.21 bits per heavy atom. The second-order valence-electron chi connectivity index (χ2n) is 8.26. The molecule has 3 rings (SSSR count). The van der Waals surface area contributed by atoms with Crippen LogP contribution in [0.25, 0.3) is 5.76 Å². The van der Waals surface area contributed by atoms with Gasteiger partial charge in [-0.15, -0.1) is 0 Å². The highest BCUT2D eigenvalue weighted by Gasteiger charge is 2.45. The molecule has 0 bridgehead atoms. The average molecular weight is 471 g/mol. The van der Waals surface area contributed by atoms with E-state index in [2.05, 4.69) is 18.7 Å². The standard InChI is InChI=1S/C26H31ClN2O4/c1-5-28(6-2)15-16-29-23(18-9-13-21(14-10-18)33-17(3)4)22(25(31)26(29)32)24(30)19-7-11-20(27)12-8-19/h7-14,17,23,30H,5-6,15-16H2,1-4H3. The van der Waals surface area contributed by atoms with Crippen molar-refractivity contribution >= 4 is 29.1 Å². The van der Waals surface area contributed by atoms with Crippen molar-refractivity contribution in [3.63, 3.8) is 0 Å². The molecule has 7 heteroatoms. The van der Waals surface area contributed by atoms with Crippen LogP contribution in [0.4, 0.5) is 0 Å². The zero-order valence-corrected chi connectivity index (χ0v) is 20.3. The maximum atomic E-state index is 13.1. The molecule has 2 aromatic rings. The highest BCUT2D eigenvalue weighted by molar-refractivity contribution is 6.46. The number of likely N-dealkylation sites (tertiary alicyclic amines) is 1. The molecule has 1 aliphatic rings. The highest BCUT2D eigenvalue weighted by Crippen LogP contribution is 2.39. The van der Waals surface area contributed by atoms with Gasteiger partial charge in [-0.05, 0) is 68.9 Å². The number of carbonyl (C=O) groups excluding carboxylic acids is 2. The molecule has 1 amide bonds. The molecule has 2 aromatic carbocycles. The molecule has 0 spiro atoms. The maximum absolute atomic E-state index is 13.1. The van der Waals surface area contributed by atoms with Crippen LogP contribution >= 0.6 is 11.6 Å². The Morgan fingerprint density at radius 2 is 1.67 bits per heavy atom. The summed E-state index contributed by atoms with van der Waals surface area (Å²) < 4.78 is 5.74. The molecular weight excluding hydrogens is 440 g/mol. The fourth-order valence-electron chi connectivity index (χ4n) is 4.01. The van der Waals surface area contributed by atoms with Crippen molar-refractivity contribution in [2.45, 2.75) is 39.8 Å². The third-order valence-corrected chi connectivity index (χ3v) is 6.03. The molecule has 1 N–H and O–H groups in total. The van der Waals surface area contributed by atoms with Crippen molar-refractivity contribution in [3.05, 3.63) is 70.3 Å². The van der Waals surface area contributed by atoms with Crippen LogP contribution in [0.1, 0.15) is 44.9 Å². The van der Waals surface area contributed by atoms with Crippen LogP contribution < -0.4 is 4.74 Å². The Kier molecular flexibility index (Phi) is 8.16. The lowest BCUT2D eigenvalue weighted by molar-refractivity contribution is -0.140. The van der Waals surface area contributed by atoms with E-state index in [0.717, 1.165) is 18.7 Å². The first-order valence-corrected chi connectivity index (χ1v) is 11.7. The number of ketones is 1. The average Bonchev–Trinajstić information content (AvgIpc) is 3.05. The van der Waals surface area contributed by atoms with Gasteiger partial charge < -0.3 is 19.6 Å². The monoisotopic (exact) mass is 470 g/mol. The Bertz CT molecular complexity index is 1010. The Balaban J connectivity index is 2.06. The summed E-state index contributed by atoms with van der Waals surface area (Å²) in [6.07, 6.45) is 0.0282. The second kappa shape index (κ2) is 10.9. The van der Waals surface area contributed by atoms with Gasteiger partial charge in [-0.2, -0.15) is 0 Å². The van der Waals surface area contributed by atoms with Gasteiger partial charge in [-0.3, -0.25) is 9.59 Å². The number of hydrogen-bond acceptors (Lipinski definition) is 5. The lowest BCUT2D eigenvalue weighted by Crippen LogP contribution is -2.38. The molecule has 0 radical (unpaired) electrons. The van der Waals surface area contributed by atoms with Crippen LogP contribution in [-0.4, -0.2) is 58.9 Å². The van der Waals surface area contributed by atoms with Crippen LogP contribution in [0.15, 0.2) is 54.1 Å². The molecule has 176 valence electrons. The van der Waals surface area contributed by atoms with Gasteiger partial charge in [-0.25, -0.2) is 0 Å². The first-order valence-electron chi connectivity index (χ1n) is 11.3. The number of ether oxygens (including phenoxy) is 1. The van der Waals surface area contributed by atoms with E-state index in [0.29, 0.717) is 29.4 Å². The summed E-state index contributed by atoms with van der Waals surface area (Å²) in [5.41, 5.74) is 1.26. The summed E-state index contributed by atoms with van der Waals surface area (Å²) >= 11 is 5.98. The number of aliphatic hydroxyl groups is 1. The number of carbonyl (C=O) groups is 2. The molecule has 1 aliphatic heterocycles. The quantitative estimate of drug-likeness (QED) is 0.321. The third-order valence-electron chi connectivity index (χ3n) is 5.78. The molecule has 1 atom stereocenters. The molecule has 1 unspecified atom stereocenters. The van der Waals surface area contributed by atoms with Crippen molar-refractivity contribution in [3.8, 4) is 5.75 Å². The normalized spacial score (nSPS) is 17.9. The molecule has 6 nitrogen and oxygen atoms in total. The number of rotatable bonds is 9. The fraction of sp³-hybridized carbons (Fsp3) is 0.385. The van der Waals surface area contributed by atoms with Crippen molar-refractivity contribution < 1.29 is 19.4 Å². The van der Waals surface area contributed by atoms with Crippen LogP contribution in [-0.2, 0) is 9.59 Å². The largest absolute Gasteiger partial charge is 0.507 e. The van der Waals surface area contributed by atoms with Gasteiger partial charge in [0, 0.05) is 23.7 Å². The number of nitrogens with zero attached hydrogens (tertiary/aromatic N) is 2. The summed E-state index contributed by atoms with van der Waals surface area (Å²) in [5.74, 6) is -0.797. The van der Waals surface area contributed by atoms with Gasteiger partial charge in [0.15, 0.2) is 0 Å². The van der Waals surface area contributed by atoms with E-state index >= 15 is 0 Å². The predicted octanol–water partition coefficient (Wildman–Crippen LogP) is 4.89. The number of aliphatic hydroxyl groups excluding tert-OH is 1. The lowest BCUT2D eigenvalue weighted by Gasteiger charge is -2.28. The Morgan fingerprint density at radius 1 is 1.06 bits per heavy atom. The van der Waals surface area contributed by atoms with E-state index in [1.54, 1.807) is 29.2 Å². The molecular formula is C26H31ClN2O4. The SMILES string of the molecule is CCN(CC)CCN1C(=O)C(=O)C(=C(O)c2ccc(Cl)cc2)C1c1ccc(OC(C)C)cc1. The number of hydrogen-bond donors (Lipinski definition) is 1. The molecule has 0 aliphatic carbocycles. The van der Waals surface area contributed by atoms with Crippen LogP contribution in [0.3, 0.4) is 0 Å². The first kappa shape index (κ1) is 24.8. The summed E-state index contributed by atoms with van der Waals surface area (Å²) in [6.45, 7) is 10.7. The molecule has 33 heavy (non-hydrogen) atoms. The van der Waals surface area contributed by atoms with E-state index in [4.69, 9.17) is 16.3 Å². The molecule has 1 heterocycles. The summed E-state index contributed by atoms with van der Waals surface area (Å²) in [6, 6.07) is 13.2. The van der Waals surface area contributed by atoms with E-state index in [-0.39, 0.29) is 17.4 Å². The van der Waals surface area contributed by atoms with E-state index < -0.39 is 17.7 Å². The third kappa shape index (κ3) is 5.57. The number of Topliss-reactive ketones (excluding diaryl/α,β-unsaturated/α-hetero) is 1. The highest BCUT2D eigenvalue weighted by atomic mass is 35.5. The van der Waals surface area contributed by atoms with E-state index in [9.17, 15) is 14.7 Å². The van der Waals surface area contributed by atoms with Crippen LogP contribution in [0.5, 0.6) is 5.75 Å². The smallest absolute Gasteiger partial charge is 0.295 e. The maximum Gasteiger partial charge on any atom is 0.295 e. The minimum atomic E-state index is -0.690. The van der Waals surface area contributed by atoms with Gasteiger partial charge in [-0.1, -0.05) is 37.6 Å². The Labute approximate surface area is 200 Å². The van der Waals surface area contributed by atoms with Crippen molar-refractivity contribution in [1.29, 1.82) is 0 Å². The summed E-state index contributed by atoms with van der Waals surface area (Å²) in [4.78, 5) is 29.9. The molecule has 0 saturated carbocycles. The van der Waals surface area contributed by atoms with Crippen molar-refractivity contribution in [2.24, 2.45) is 0 Å². The van der Waals surface area contributed by atoms with Gasteiger partial charge in [0.2, 0.25) is 0 Å².